The summed E-state index contributed by atoms with van der Waals surface area (Å²) in [4.78, 5) is 4.30. The summed E-state index contributed by atoms with van der Waals surface area (Å²) < 4.78 is 27.8. The molecule has 0 unspecified atom stereocenters. The lowest BCUT2D eigenvalue weighted by molar-refractivity contribution is 0.600. The molecule has 0 atom stereocenters. The van der Waals surface area contributed by atoms with Gasteiger partial charge in [-0.3, -0.25) is 9.71 Å². The Morgan fingerprint density at radius 2 is 1.83 bits per heavy atom. The molecule has 1 aromatic heterocycles. The zero-order valence-electron chi connectivity index (χ0n) is 13.1. The van der Waals surface area contributed by atoms with E-state index in [-0.39, 0.29) is 5.75 Å². The predicted octanol–water partition coefficient (Wildman–Crippen LogP) is 3.79. The molecule has 0 fully saturated rings. The topological polar surface area (TPSA) is 59.1 Å². The molecule has 0 spiro atoms. The highest BCUT2D eigenvalue weighted by Crippen LogP contribution is 2.25. The van der Waals surface area contributed by atoms with Crippen LogP contribution in [0.3, 0.4) is 0 Å². The summed E-state index contributed by atoms with van der Waals surface area (Å²) in [6.45, 7) is 3.85. The molecule has 0 bridgehead atoms. The maximum absolute atomic E-state index is 12.5. The van der Waals surface area contributed by atoms with Gasteiger partial charge in [0.2, 0.25) is 10.0 Å². The van der Waals surface area contributed by atoms with Crippen LogP contribution in [0.2, 0.25) is 0 Å². The third kappa shape index (κ3) is 3.51. The van der Waals surface area contributed by atoms with Gasteiger partial charge in [0, 0.05) is 11.6 Å². The summed E-state index contributed by atoms with van der Waals surface area (Å²) in [6.07, 6.45) is 1.66. The normalized spacial score (nSPS) is 11.6. The number of pyridine rings is 1. The first kappa shape index (κ1) is 15.5. The lowest BCUT2D eigenvalue weighted by atomic mass is 10.1. The summed E-state index contributed by atoms with van der Waals surface area (Å²) in [5, 5.41) is 0.918. The van der Waals surface area contributed by atoms with E-state index in [0.29, 0.717) is 11.2 Å². The van der Waals surface area contributed by atoms with Gasteiger partial charge in [-0.15, -0.1) is 0 Å². The van der Waals surface area contributed by atoms with E-state index in [1.165, 1.54) is 0 Å². The van der Waals surface area contributed by atoms with Gasteiger partial charge in [0.15, 0.2) is 0 Å². The van der Waals surface area contributed by atoms with Crippen molar-refractivity contribution in [1.29, 1.82) is 0 Å². The lowest BCUT2D eigenvalue weighted by Gasteiger charge is -2.12. The van der Waals surface area contributed by atoms with E-state index in [1.54, 1.807) is 6.20 Å². The molecule has 4 nitrogen and oxygen atoms in total. The van der Waals surface area contributed by atoms with Gasteiger partial charge in [0.25, 0.3) is 0 Å². The standard InChI is InChI=1S/C18H18N2O2S/c1-13-10-15-8-5-9-19-18(15)17(11-13)20-23(21,22)12-16-7-4-3-6-14(16)2/h3-11,20H,12H2,1-2H3. The molecule has 0 aliphatic rings. The van der Waals surface area contributed by atoms with Gasteiger partial charge in [0.05, 0.1) is 17.0 Å². The maximum atomic E-state index is 12.5. The number of sulfonamides is 1. The van der Waals surface area contributed by atoms with Crippen LogP contribution in [0.25, 0.3) is 10.9 Å². The summed E-state index contributed by atoms with van der Waals surface area (Å²) >= 11 is 0. The fourth-order valence-electron chi connectivity index (χ4n) is 2.60. The largest absolute Gasteiger partial charge is 0.281 e. The molecular formula is C18H18N2O2S. The van der Waals surface area contributed by atoms with E-state index in [0.717, 1.165) is 22.1 Å². The number of benzene rings is 2. The van der Waals surface area contributed by atoms with Gasteiger partial charge in [0.1, 0.15) is 0 Å². The summed E-state index contributed by atoms with van der Waals surface area (Å²) in [5.74, 6) is -0.0536. The van der Waals surface area contributed by atoms with E-state index in [4.69, 9.17) is 0 Å². The fourth-order valence-corrected chi connectivity index (χ4v) is 3.90. The van der Waals surface area contributed by atoms with E-state index >= 15 is 0 Å². The Morgan fingerprint density at radius 3 is 2.61 bits per heavy atom. The number of hydrogen-bond donors (Lipinski definition) is 1. The molecule has 3 aromatic rings. The van der Waals surface area contributed by atoms with Crippen molar-refractivity contribution in [3.63, 3.8) is 0 Å². The second-order valence-corrected chi connectivity index (χ2v) is 7.40. The van der Waals surface area contributed by atoms with E-state index in [2.05, 4.69) is 9.71 Å². The quantitative estimate of drug-likeness (QED) is 0.793. The van der Waals surface area contributed by atoms with Gasteiger partial charge < -0.3 is 0 Å². The zero-order chi connectivity index (χ0) is 16.4. The Kier molecular flexibility index (Phi) is 4.05. The van der Waals surface area contributed by atoms with Gasteiger partial charge in [-0.25, -0.2) is 8.42 Å². The number of fused-ring (bicyclic) bond motifs is 1. The molecule has 1 N–H and O–H groups in total. The van der Waals surface area contributed by atoms with Crippen molar-refractivity contribution >= 4 is 26.6 Å². The van der Waals surface area contributed by atoms with Crippen LogP contribution in [0, 0.1) is 13.8 Å². The molecule has 0 radical (unpaired) electrons. The van der Waals surface area contributed by atoms with Crippen molar-refractivity contribution < 1.29 is 8.42 Å². The highest BCUT2D eigenvalue weighted by atomic mass is 32.2. The molecule has 2 aromatic carbocycles. The van der Waals surface area contributed by atoms with Crippen molar-refractivity contribution in [2.24, 2.45) is 0 Å². The smallest absolute Gasteiger partial charge is 0.236 e. The van der Waals surface area contributed by atoms with Crippen molar-refractivity contribution in [2.45, 2.75) is 19.6 Å². The SMILES string of the molecule is Cc1cc(NS(=O)(=O)Cc2ccccc2C)c2ncccc2c1. The van der Waals surface area contributed by atoms with Gasteiger partial charge in [-0.1, -0.05) is 30.3 Å². The lowest BCUT2D eigenvalue weighted by Crippen LogP contribution is -2.16. The number of aromatic nitrogens is 1. The zero-order valence-corrected chi connectivity index (χ0v) is 13.9. The Balaban J connectivity index is 1.96. The highest BCUT2D eigenvalue weighted by molar-refractivity contribution is 7.91. The van der Waals surface area contributed by atoms with Crippen molar-refractivity contribution in [3.8, 4) is 0 Å². The molecule has 0 saturated heterocycles. The summed E-state index contributed by atoms with van der Waals surface area (Å²) in [7, 11) is -3.51. The van der Waals surface area contributed by atoms with Crippen molar-refractivity contribution in [2.75, 3.05) is 4.72 Å². The number of aryl methyl sites for hydroxylation is 2. The van der Waals surface area contributed by atoms with Crippen LogP contribution in [0.1, 0.15) is 16.7 Å². The second-order valence-electron chi connectivity index (χ2n) is 5.68. The molecule has 0 saturated carbocycles. The Hall–Kier alpha value is -2.40. The van der Waals surface area contributed by atoms with Crippen LogP contribution in [0.5, 0.6) is 0 Å². The first-order valence-corrected chi connectivity index (χ1v) is 9.00. The van der Waals surface area contributed by atoms with Crippen LogP contribution in [0.4, 0.5) is 5.69 Å². The minimum atomic E-state index is -3.51. The van der Waals surface area contributed by atoms with Crippen LogP contribution in [-0.2, 0) is 15.8 Å². The minimum Gasteiger partial charge on any atom is -0.281 e. The first-order chi connectivity index (χ1) is 10.9. The molecule has 118 valence electrons. The third-order valence-corrected chi connectivity index (χ3v) is 4.94. The average Bonchev–Trinajstić information content (AvgIpc) is 2.49. The van der Waals surface area contributed by atoms with Gasteiger partial charge >= 0.3 is 0 Å². The van der Waals surface area contributed by atoms with Gasteiger partial charge in [-0.05, 0) is 48.7 Å². The number of nitrogens with one attached hydrogen (secondary N) is 1. The van der Waals surface area contributed by atoms with E-state index in [1.807, 2.05) is 62.4 Å². The maximum Gasteiger partial charge on any atom is 0.236 e. The van der Waals surface area contributed by atoms with Crippen LogP contribution < -0.4 is 4.72 Å². The second kappa shape index (κ2) is 6.01. The number of hydrogen-bond acceptors (Lipinski definition) is 3. The Bertz CT molecular complexity index is 966. The summed E-state index contributed by atoms with van der Waals surface area (Å²) in [5.41, 5.74) is 3.93. The van der Waals surface area contributed by atoms with Gasteiger partial charge in [-0.2, -0.15) is 0 Å². The average molecular weight is 326 g/mol. The third-order valence-electron chi connectivity index (χ3n) is 3.72. The van der Waals surface area contributed by atoms with Crippen LogP contribution in [-0.4, -0.2) is 13.4 Å². The van der Waals surface area contributed by atoms with Crippen molar-refractivity contribution in [1.82, 2.24) is 4.98 Å². The van der Waals surface area contributed by atoms with Crippen LogP contribution in [0.15, 0.2) is 54.7 Å². The number of rotatable bonds is 4. The first-order valence-electron chi connectivity index (χ1n) is 7.35. The molecule has 5 heteroatoms. The Morgan fingerprint density at radius 1 is 1.04 bits per heavy atom. The fraction of sp³-hybridized carbons (Fsp3) is 0.167. The molecule has 0 aliphatic heterocycles. The number of anilines is 1. The molecule has 23 heavy (non-hydrogen) atoms. The minimum absolute atomic E-state index is 0.0536. The molecule has 3 rings (SSSR count). The molecule has 1 heterocycles. The Labute approximate surface area is 136 Å². The summed E-state index contributed by atoms with van der Waals surface area (Å²) in [6, 6.07) is 15.1. The molecule has 0 amide bonds. The monoisotopic (exact) mass is 326 g/mol. The molecule has 0 aliphatic carbocycles. The molecular weight excluding hydrogens is 308 g/mol. The van der Waals surface area contributed by atoms with E-state index in [9.17, 15) is 8.42 Å². The van der Waals surface area contributed by atoms with Crippen molar-refractivity contribution in [3.05, 3.63) is 71.4 Å². The van der Waals surface area contributed by atoms with E-state index < -0.39 is 10.0 Å². The predicted molar refractivity (Wildman–Crippen MR) is 93.9 cm³/mol. The van der Waals surface area contributed by atoms with Crippen LogP contribution >= 0.6 is 0 Å². The number of nitrogens with zero attached hydrogens (tertiary/aromatic N) is 1. The highest BCUT2D eigenvalue weighted by Gasteiger charge is 2.15.